The maximum atomic E-state index is 13.9. The minimum atomic E-state index is -0.626. The average molecular weight is 456 g/mol. The molecule has 0 aliphatic heterocycles. The molecule has 4 aromatic rings. The number of nitrogens with zero attached hydrogens (tertiary/aromatic N) is 2. The Bertz CT molecular complexity index is 1260. The lowest BCUT2D eigenvalue weighted by Crippen LogP contribution is -2.22. The lowest BCUT2D eigenvalue weighted by atomic mass is 9.76. The van der Waals surface area contributed by atoms with Gasteiger partial charge in [-0.15, -0.1) is 0 Å². The minimum absolute atomic E-state index is 0.181. The molecule has 32 heavy (non-hydrogen) atoms. The van der Waals surface area contributed by atoms with Crippen LogP contribution in [0.3, 0.4) is 0 Å². The van der Waals surface area contributed by atoms with Crippen LogP contribution in [0.2, 0.25) is 0 Å². The smallest absolute Gasteiger partial charge is 0.184 e. The predicted octanol–water partition coefficient (Wildman–Crippen LogP) is 7.43. The highest BCUT2D eigenvalue weighted by Crippen LogP contribution is 2.40. The molecule has 166 valence electrons. The fourth-order valence-electron chi connectivity index (χ4n) is 4.99. The third-order valence-electron chi connectivity index (χ3n) is 6.49. The van der Waals surface area contributed by atoms with Crippen LogP contribution in [0.15, 0.2) is 42.6 Å². The molecule has 3 nitrogen and oxygen atoms in total. The lowest BCUT2D eigenvalue weighted by Gasteiger charge is -2.31. The topological polar surface area (TPSA) is 37.8 Å². The van der Waals surface area contributed by atoms with Crippen LogP contribution in [0.4, 0.5) is 18.3 Å². The zero-order valence-electron chi connectivity index (χ0n) is 17.7. The van der Waals surface area contributed by atoms with Gasteiger partial charge in [-0.3, -0.25) is 4.98 Å². The lowest BCUT2D eigenvalue weighted by molar-refractivity contribution is 0.302. The maximum absolute atomic E-state index is 13.9. The van der Waals surface area contributed by atoms with Gasteiger partial charge in [-0.1, -0.05) is 11.3 Å². The van der Waals surface area contributed by atoms with E-state index in [0.717, 1.165) is 49.1 Å². The molecule has 0 bridgehead atoms. The van der Waals surface area contributed by atoms with Gasteiger partial charge < -0.3 is 5.32 Å². The summed E-state index contributed by atoms with van der Waals surface area (Å²) in [6.45, 7) is 2.11. The summed E-state index contributed by atoms with van der Waals surface area (Å²) < 4.78 is 41.7. The van der Waals surface area contributed by atoms with Gasteiger partial charge in [-0.25, -0.2) is 18.2 Å². The largest absolute Gasteiger partial charge is 0.359 e. The van der Waals surface area contributed by atoms with Crippen LogP contribution in [0.1, 0.15) is 50.5 Å². The summed E-state index contributed by atoms with van der Waals surface area (Å²) in [6.07, 6.45) is 7.16. The molecule has 1 atom stereocenters. The second kappa shape index (κ2) is 8.70. The van der Waals surface area contributed by atoms with Crippen molar-refractivity contribution in [1.29, 1.82) is 0 Å². The number of fused-ring (bicyclic) bond motifs is 2. The van der Waals surface area contributed by atoms with Crippen LogP contribution in [0, 0.1) is 23.4 Å². The summed E-state index contributed by atoms with van der Waals surface area (Å²) in [5.41, 5.74) is 2.26. The molecule has 0 saturated heterocycles. The van der Waals surface area contributed by atoms with Gasteiger partial charge >= 0.3 is 0 Å². The number of rotatable bonds is 5. The van der Waals surface area contributed by atoms with Crippen LogP contribution in [0.25, 0.3) is 21.1 Å². The molecule has 7 heteroatoms. The van der Waals surface area contributed by atoms with Crippen LogP contribution in [-0.4, -0.2) is 16.0 Å². The first-order chi connectivity index (χ1) is 15.5. The maximum Gasteiger partial charge on any atom is 0.184 e. The monoisotopic (exact) mass is 455 g/mol. The molecule has 0 unspecified atom stereocenters. The molecule has 1 aliphatic carbocycles. The van der Waals surface area contributed by atoms with Crippen LogP contribution in [0.5, 0.6) is 0 Å². The van der Waals surface area contributed by atoms with E-state index in [4.69, 9.17) is 0 Å². The van der Waals surface area contributed by atoms with E-state index in [2.05, 4.69) is 22.2 Å². The van der Waals surface area contributed by atoms with Crippen molar-refractivity contribution >= 4 is 37.6 Å². The summed E-state index contributed by atoms with van der Waals surface area (Å²) in [7, 11) is 0. The fourth-order valence-corrected chi connectivity index (χ4v) is 6.01. The minimum Gasteiger partial charge on any atom is -0.359 e. The van der Waals surface area contributed by atoms with E-state index >= 15 is 0 Å². The van der Waals surface area contributed by atoms with E-state index in [1.54, 1.807) is 12.1 Å². The van der Waals surface area contributed by atoms with Gasteiger partial charge in [0.15, 0.2) is 10.9 Å². The molecule has 1 saturated carbocycles. The third kappa shape index (κ3) is 4.31. The van der Waals surface area contributed by atoms with Gasteiger partial charge in [0.1, 0.15) is 17.2 Å². The number of benzene rings is 2. The molecule has 0 amide bonds. The first-order valence-electron chi connectivity index (χ1n) is 11.0. The van der Waals surface area contributed by atoms with E-state index in [1.165, 1.54) is 29.0 Å². The SMILES string of the molecule is C[C@H](CC1CCC(c2ccnc3ccc(F)cc23)CC1)Nc1nc2c(F)cc(F)cc2s1. The van der Waals surface area contributed by atoms with Gasteiger partial charge in [0.25, 0.3) is 0 Å². The molecule has 1 aliphatic rings. The highest BCUT2D eigenvalue weighted by atomic mass is 32.1. The Balaban J connectivity index is 1.21. The molecule has 2 heterocycles. The summed E-state index contributed by atoms with van der Waals surface area (Å²) in [5, 5.41) is 4.91. The normalized spacial score (nSPS) is 20.0. The van der Waals surface area contributed by atoms with E-state index in [0.29, 0.717) is 21.7 Å². The summed E-state index contributed by atoms with van der Waals surface area (Å²) >= 11 is 1.28. The van der Waals surface area contributed by atoms with Crippen molar-refractivity contribution in [1.82, 2.24) is 9.97 Å². The summed E-state index contributed by atoms with van der Waals surface area (Å²) in [6, 6.07) is 9.21. The Kier molecular flexibility index (Phi) is 5.76. The van der Waals surface area contributed by atoms with Crippen molar-refractivity contribution in [3.8, 4) is 0 Å². The Hall–Kier alpha value is -2.67. The predicted molar refractivity (Wildman–Crippen MR) is 124 cm³/mol. The number of nitrogens with one attached hydrogen (secondary N) is 1. The molecular formula is C25H24F3N3S. The van der Waals surface area contributed by atoms with Gasteiger partial charge in [0.2, 0.25) is 0 Å². The van der Waals surface area contributed by atoms with Crippen LogP contribution in [-0.2, 0) is 0 Å². The average Bonchev–Trinajstić information content (AvgIpc) is 3.16. The third-order valence-corrected chi connectivity index (χ3v) is 7.43. The number of anilines is 1. The Labute approximate surface area is 188 Å². The Morgan fingerprint density at radius 2 is 1.84 bits per heavy atom. The fraction of sp³-hybridized carbons (Fsp3) is 0.360. The Morgan fingerprint density at radius 3 is 2.66 bits per heavy atom. The second-order valence-corrected chi connectivity index (χ2v) is 9.84. The molecule has 2 aromatic heterocycles. The molecule has 2 aromatic carbocycles. The van der Waals surface area contributed by atoms with E-state index < -0.39 is 11.6 Å². The quantitative estimate of drug-likeness (QED) is 0.340. The van der Waals surface area contributed by atoms with Crippen molar-refractivity contribution in [2.45, 2.75) is 51.0 Å². The number of thiazole rings is 1. The van der Waals surface area contributed by atoms with Crippen LogP contribution < -0.4 is 5.32 Å². The number of hydrogen-bond acceptors (Lipinski definition) is 4. The van der Waals surface area contributed by atoms with Gasteiger partial charge in [-0.2, -0.15) is 0 Å². The van der Waals surface area contributed by atoms with Gasteiger partial charge in [0.05, 0.1) is 10.2 Å². The van der Waals surface area contributed by atoms with Crippen molar-refractivity contribution < 1.29 is 13.2 Å². The van der Waals surface area contributed by atoms with Crippen molar-refractivity contribution in [2.24, 2.45) is 5.92 Å². The second-order valence-electron chi connectivity index (χ2n) is 8.81. The first-order valence-corrected chi connectivity index (χ1v) is 11.8. The number of halogens is 3. The van der Waals surface area contributed by atoms with Crippen molar-refractivity contribution in [3.63, 3.8) is 0 Å². The molecular weight excluding hydrogens is 431 g/mol. The van der Waals surface area contributed by atoms with Gasteiger partial charge in [-0.05, 0) is 86.8 Å². The summed E-state index contributed by atoms with van der Waals surface area (Å²) in [4.78, 5) is 8.68. The first kappa shape index (κ1) is 21.2. The zero-order chi connectivity index (χ0) is 22.2. The van der Waals surface area contributed by atoms with E-state index in [-0.39, 0.29) is 17.4 Å². The number of pyridine rings is 1. The highest BCUT2D eigenvalue weighted by molar-refractivity contribution is 7.22. The standard InChI is InChI=1S/C25H24F3N3S/c1-14(30-25-31-24-21(28)12-18(27)13-23(24)32-25)10-15-2-4-16(5-3-15)19-8-9-29-22-7-6-17(26)11-20(19)22/h6-9,11-16H,2-5,10H2,1H3,(H,30,31)/t14-,15?,16?/m1/s1. The summed E-state index contributed by atoms with van der Waals surface area (Å²) in [5.74, 6) is -0.428. The number of aromatic nitrogens is 2. The van der Waals surface area contributed by atoms with Crippen molar-refractivity contribution in [2.75, 3.05) is 5.32 Å². The molecule has 0 radical (unpaired) electrons. The van der Waals surface area contributed by atoms with Crippen molar-refractivity contribution in [3.05, 3.63) is 65.6 Å². The van der Waals surface area contributed by atoms with Gasteiger partial charge in [0, 0.05) is 23.7 Å². The molecule has 1 fully saturated rings. The molecule has 0 spiro atoms. The molecule has 5 rings (SSSR count). The highest BCUT2D eigenvalue weighted by Gasteiger charge is 2.25. The molecule has 1 N–H and O–H groups in total. The van der Waals surface area contributed by atoms with Crippen LogP contribution >= 0.6 is 11.3 Å². The van der Waals surface area contributed by atoms with E-state index in [1.807, 2.05) is 12.3 Å². The van der Waals surface area contributed by atoms with E-state index in [9.17, 15) is 13.2 Å². The zero-order valence-corrected chi connectivity index (χ0v) is 18.6. The Morgan fingerprint density at radius 1 is 1.03 bits per heavy atom. The number of hydrogen-bond donors (Lipinski definition) is 1.